The van der Waals surface area contributed by atoms with Gasteiger partial charge in [-0.25, -0.2) is 0 Å². The van der Waals surface area contributed by atoms with E-state index in [9.17, 15) is 0 Å². The van der Waals surface area contributed by atoms with E-state index in [0.717, 1.165) is 23.6 Å². The maximum absolute atomic E-state index is 6.31. The van der Waals surface area contributed by atoms with Crippen LogP contribution in [-0.2, 0) is 0 Å². The lowest BCUT2D eigenvalue weighted by atomic mass is 9.95. The summed E-state index contributed by atoms with van der Waals surface area (Å²) in [4.78, 5) is 0. The highest BCUT2D eigenvalue weighted by atomic mass is 35.5. The van der Waals surface area contributed by atoms with Gasteiger partial charge in [-0.2, -0.15) is 0 Å². The number of nitrogens with one attached hydrogen (secondary N) is 1. The van der Waals surface area contributed by atoms with E-state index in [4.69, 9.17) is 11.6 Å². The van der Waals surface area contributed by atoms with E-state index in [1.165, 1.54) is 22.3 Å². The Morgan fingerprint density at radius 3 is 2.19 bits per heavy atom. The molecular formula is C19H24ClN. The molecule has 1 nitrogen and oxygen atoms in total. The molecule has 0 fully saturated rings. The Labute approximate surface area is 133 Å². The second kappa shape index (κ2) is 7.11. The second-order valence-corrected chi connectivity index (χ2v) is 6.22. The normalized spacial score (nSPS) is 12.4. The first-order valence-corrected chi connectivity index (χ1v) is 7.96. The molecule has 0 heterocycles. The van der Waals surface area contributed by atoms with Crippen LogP contribution in [-0.4, -0.2) is 6.54 Å². The summed E-state index contributed by atoms with van der Waals surface area (Å²) in [5, 5.41) is 4.48. The summed E-state index contributed by atoms with van der Waals surface area (Å²) < 4.78 is 0. The van der Waals surface area contributed by atoms with E-state index in [1.54, 1.807) is 0 Å². The fraction of sp³-hybridized carbons (Fsp3) is 0.368. The molecule has 0 amide bonds. The molecular weight excluding hydrogens is 278 g/mol. The largest absolute Gasteiger partial charge is 0.306 e. The number of benzene rings is 2. The van der Waals surface area contributed by atoms with Gasteiger partial charge >= 0.3 is 0 Å². The van der Waals surface area contributed by atoms with Crippen LogP contribution in [0.5, 0.6) is 0 Å². The van der Waals surface area contributed by atoms with Gasteiger partial charge in [0.05, 0.1) is 6.04 Å². The molecule has 2 aromatic rings. The highest BCUT2D eigenvalue weighted by Gasteiger charge is 2.15. The van der Waals surface area contributed by atoms with Gasteiger partial charge in [-0.3, -0.25) is 0 Å². The fourth-order valence-electron chi connectivity index (χ4n) is 2.68. The zero-order chi connectivity index (χ0) is 15.4. The first-order chi connectivity index (χ1) is 10.0. The van der Waals surface area contributed by atoms with Gasteiger partial charge in [0.1, 0.15) is 0 Å². The molecule has 0 aromatic heterocycles. The molecule has 2 heteroatoms. The van der Waals surface area contributed by atoms with E-state index in [1.807, 2.05) is 6.92 Å². The van der Waals surface area contributed by atoms with Gasteiger partial charge in [-0.05, 0) is 56.5 Å². The SMILES string of the molecule is CCCNC(c1cc(C)cc(C)c1)c1ccc(C)c(Cl)c1. The second-order valence-electron chi connectivity index (χ2n) is 5.82. The van der Waals surface area contributed by atoms with Gasteiger partial charge in [0, 0.05) is 5.02 Å². The highest BCUT2D eigenvalue weighted by Crippen LogP contribution is 2.27. The maximum Gasteiger partial charge on any atom is 0.0577 e. The molecule has 0 aliphatic carbocycles. The molecule has 0 aliphatic rings. The van der Waals surface area contributed by atoms with E-state index < -0.39 is 0 Å². The Kier molecular flexibility index (Phi) is 5.44. The topological polar surface area (TPSA) is 12.0 Å². The van der Waals surface area contributed by atoms with E-state index in [-0.39, 0.29) is 6.04 Å². The Hall–Kier alpha value is -1.31. The van der Waals surface area contributed by atoms with Crippen molar-refractivity contribution in [2.75, 3.05) is 6.54 Å². The van der Waals surface area contributed by atoms with Gasteiger partial charge in [0.15, 0.2) is 0 Å². The van der Waals surface area contributed by atoms with Crippen LogP contribution in [0.15, 0.2) is 36.4 Å². The summed E-state index contributed by atoms with van der Waals surface area (Å²) in [7, 11) is 0. The molecule has 2 rings (SSSR count). The van der Waals surface area contributed by atoms with Crippen LogP contribution in [0.2, 0.25) is 5.02 Å². The molecule has 1 unspecified atom stereocenters. The smallest absolute Gasteiger partial charge is 0.0577 e. The van der Waals surface area contributed by atoms with Crippen molar-refractivity contribution in [2.24, 2.45) is 0 Å². The van der Waals surface area contributed by atoms with Crippen LogP contribution >= 0.6 is 11.6 Å². The van der Waals surface area contributed by atoms with Crippen molar-refractivity contribution in [1.82, 2.24) is 5.32 Å². The summed E-state index contributed by atoms with van der Waals surface area (Å²) in [5.41, 5.74) is 6.25. The lowest BCUT2D eigenvalue weighted by Crippen LogP contribution is -2.23. The van der Waals surface area contributed by atoms with Crippen LogP contribution in [0.25, 0.3) is 0 Å². The van der Waals surface area contributed by atoms with Crippen LogP contribution in [0.4, 0.5) is 0 Å². The highest BCUT2D eigenvalue weighted by molar-refractivity contribution is 6.31. The van der Waals surface area contributed by atoms with Crippen LogP contribution in [0.3, 0.4) is 0 Å². The minimum Gasteiger partial charge on any atom is -0.306 e. The summed E-state index contributed by atoms with van der Waals surface area (Å²) in [6.07, 6.45) is 1.11. The number of hydrogen-bond acceptors (Lipinski definition) is 1. The molecule has 1 atom stereocenters. The molecule has 0 aliphatic heterocycles. The summed E-state index contributed by atoms with van der Waals surface area (Å²) >= 11 is 6.31. The summed E-state index contributed by atoms with van der Waals surface area (Å²) in [6, 6.07) is 13.3. The quantitative estimate of drug-likeness (QED) is 0.784. The van der Waals surface area contributed by atoms with Gasteiger partial charge in [-0.15, -0.1) is 0 Å². The predicted octanol–water partition coefficient (Wildman–Crippen LogP) is 5.35. The van der Waals surface area contributed by atoms with E-state index in [2.05, 4.69) is 62.5 Å². The van der Waals surface area contributed by atoms with Crippen molar-refractivity contribution < 1.29 is 0 Å². The predicted molar refractivity (Wildman–Crippen MR) is 92.2 cm³/mol. The molecule has 0 saturated carbocycles. The molecule has 2 aromatic carbocycles. The molecule has 0 radical (unpaired) electrons. The molecule has 0 bridgehead atoms. The van der Waals surface area contributed by atoms with Crippen molar-refractivity contribution in [3.8, 4) is 0 Å². The van der Waals surface area contributed by atoms with Crippen molar-refractivity contribution in [3.63, 3.8) is 0 Å². The first kappa shape index (κ1) is 16.1. The third kappa shape index (κ3) is 4.09. The minimum atomic E-state index is 0.196. The van der Waals surface area contributed by atoms with E-state index in [0.29, 0.717) is 0 Å². The Morgan fingerprint density at radius 2 is 1.62 bits per heavy atom. The Balaban J connectivity index is 2.43. The number of halogens is 1. The van der Waals surface area contributed by atoms with Gasteiger partial charge < -0.3 is 5.32 Å². The van der Waals surface area contributed by atoms with Gasteiger partial charge in [0.25, 0.3) is 0 Å². The zero-order valence-corrected chi connectivity index (χ0v) is 14.1. The summed E-state index contributed by atoms with van der Waals surface area (Å²) in [5.74, 6) is 0. The average molecular weight is 302 g/mol. The summed E-state index contributed by atoms with van der Waals surface area (Å²) in [6.45, 7) is 9.51. The number of rotatable bonds is 5. The van der Waals surface area contributed by atoms with Gasteiger partial charge in [-0.1, -0.05) is 60.0 Å². The first-order valence-electron chi connectivity index (χ1n) is 7.59. The third-order valence-corrected chi connectivity index (χ3v) is 4.11. The van der Waals surface area contributed by atoms with Gasteiger partial charge in [0.2, 0.25) is 0 Å². The number of aryl methyl sites for hydroxylation is 3. The van der Waals surface area contributed by atoms with Crippen molar-refractivity contribution in [2.45, 2.75) is 40.2 Å². The fourth-order valence-corrected chi connectivity index (χ4v) is 2.87. The monoisotopic (exact) mass is 301 g/mol. The Bertz CT molecular complexity index is 599. The van der Waals surface area contributed by atoms with Crippen LogP contribution in [0, 0.1) is 20.8 Å². The Morgan fingerprint density at radius 1 is 0.952 bits per heavy atom. The average Bonchev–Trinajstić information content (AvgIpc) is 2.42. The lowest BCUT2D eigenvalue weighted by molar-refractivity contribution is 0.598. The van der Waals surface area contributed by atoms with E-state index >= 15 is 0 Å². The molecule has 0 spiro atoms. The minimum absolute atomic E-state index is 0.196. The van der Waals surface area contributed by atoms with Crippen molar-refractivity contribution in [1.29, 1.82) is 0 Å². The molecule has 21 heavy (non-hydrogen) atoms. The van der Waals surface area contributed by atoms with Crippen LogP contribution in [0.1, 0.15) is 47.2 Å². The number of hydrogen-bond donors (Lipinski definition) is 1. The van der Waals surface area contributed by atoms with Crippen molar-refractivity contribution in [3.05, 3.63) is 69.2 Å². The molecule has 1 N–H and O–H groups in total. The standard InChI is InChI=1S/C19H24ClN/c1-5-8-21-19(16-7-6-15(4)18(20)12-16)17-10-13(2)9-14(3)11-17/h6-7,9-12,19,21H,5,8H2,1-4H3. The third-order valence-electron chi connectivity index (χ3n) is 3.71. The lowest BCUT2D eigenvalue weighted by Gasteiger charge is -2.21. The van der Waals surface area contributed by atoms with Crippen LogP contribution < -0.4 is 5.32 Å². The molecule has 112 valence electrons. The van der Waals surface area contributed by atoms with Crippen molar-refractivity contribution >= 4 is 11.6 Å². The molecule has 0 saturated heterocycles. The maximum atomic E-state index is 6.31. The zero-order valence-electron chi connectivity index (χ0n) is 13.3.